The van der Waals surface area contributed by atoms with Crippen molar-refractivity contribution in [2.45, 2.75) is 6.42 Å². The first-order valence-electron chi connectivity index (χ1n) is 6.92. The predicted molar refractivity (Wildman–Crippen MR) is 83.7 cm³/mol. The monoisotopic (exact) mass is 296 g/mol. The summed E-state index contributed by atoms with van der Waals surface area (Å²) in [5.74, 6) is 0.623. The molecule has 0 amide bonds. The van der Waals surface area contributed by atoms with Crippen molar-refractivity contribution in [1.82, 2.24) is 0 Å². The number of Topliss-reactive ketones (excluding diaryl/α,β-unsaturated/α-hetero) is 1. The number of hydrogen-bond donors (Lipinski definition) is 1. The normalized spacial score (nSPS) is 15.0. The summed E-state index contributed by atoms with van der Waals surface area (Å²) in [7, 11) is 2.95. The number of ether oxygens (including phenoxy) is 2. The van der Waals surface area contributed by atoms with E-state index in [1.54, 1.807) is 12.1 Å². The molecule has 4 nitrogen and oxygen atoms in total. The zero-order chi connectivity index (χ0) is 15.7. The molecule has 0 aromatic heterocycles. The summed E-state index contributed by atoms with van der Waals surface area (Å²) in [4.78, 5) is 12.4. The van der Waals surface area contributed by atoms with Crippen LogP contribution in [0, 0.1) is 0 Å². The maximum absolute atomic E-state index is 12.4. The fraction of sp³-hybridized carbons (Fsp3) is 0.167. The van der Waals surface area contributed by atoms with Gasteiger partial charge in [0.15, 0.2) is 17.3 Å². The second-order valence-electron chi connectivity index (χ2n) is 5.11. The Balaban J connectivity index is 2.02. The number of hydrogen-bond acceptors (Lipinski definition) is 4. The number of phenols is 1. The van der Waals surface area contributed by atoms with Crippen LogP contribution in [0.3, 0.4) is 0 Å². The zero-order valence-corrected chi connectivity index (χ0v) is 12.4. The van der Waals surface area contributed by atoms with Crippen molar-refractivity contribution in [2.24, 2.45) is 0 Å². The van der Waals surface area contributed by atoms with Crippen LogP contribution in [0.25, 0.3) is 6.08 Å². The molecule has 0 radical (unpaired) electrons. The molecule has 1 aliphatic carbocycles. The fourth-order valence-electron chi connectivity index (χ4n) is 2.67. The second-order valence-corrected chi connectivity index (χ2v) is 5.11. The van der Waals surface area contributed by atoms with Crippen LogP contribution >= 0.6 is 0 Å². The lowest BCUT2D eigenvalue weighted by molar-refractivity contribution is 0.104. The topological polar surface area (TPSA) is 55.8 Å². The van der Waals surface area contributed by atoms with Crippen LogP contribution < -0.4 is 9.47 Å². The summed E-state index contributed by atoms with van der Waals surface area (Å²) >= 11 is 0. The molecule has 4 heteroatoms. The SMILES string of the molecule is COc1cc(C=C2Cc3ccccc3C2=O)cc(OC)c1O. The molecule has 0 atom stereocenters. The van der Waals surface area contributed by atoms with Crippen molar-refractivity contribution >= 4 is 11.9 Å². The minimum Gasteiger partial charge on any atom is -0.502 e. The molecule has 0 saturated carbocycles. The highest BCUT2D eigenvalue weighted by Crippen LogP contribution is 2.38. The molecule has 0 saturated heterocycles. The summed E-state index contributed by atoms with van der Waals surface area (Å²) in [6.45, 7) is 0. The Morgan fingerprint density at radius 2 is 1.73 bits per heavy atom. The van der Waals surface area contributed by atoms with Gasteiger partial charge in [-0.15, -0.1) is 0 Å². The van der Waals surface area contributed by atoms with Crippen molar-refractivity contribution in [3.05, 3.63) is 58.7 Å². The third-order valence-corrected chi connectivity index (χ3v) is 3.78. The van der Waals surface area contributed by atoms with Gasteiger partial charge in [0.1, 0.15) is 0 Å². The van der Waals surface area contributed by atoms with E-state index in [-0.39, 0.29) is 11.5 Å². The maximum atomic E-state index is 12.4. The van der Waals surface area contributed by atoms with E-state index < -0.39 is 0 Å². The zero-order valence-electron chi connectivity index (χ0n) is 12.4. The van der Waals surface area contributed by atoms with Gasteiger partial charge >= 0.3 is 0 Å². The lowest BCUT2D eigenvalue weighted by Gasteiger charge is -2.09. The third kappa shape index (κ3) is 2.33. The number of benzene rings is 2. The molecule has 112 valence electrons. The highest BCUT2D eigenvalue weighted by Gasteiger charge is 2.24. The molecule has 22 heavy (non-hydrogen) atoms. The maximum Gasteiger partial charge on any atom is 0.200 e. The van der Waals surface area contributed by atoms with E-state index in [0.717, 1.165) is 22.3 Å². The molecule has 0 bridgehead atoms. The summed E-state index contributed by atoms with van der Waals surface area (Å²) in [5.41, 5.74) is 3.27. The van der Waals surface area contributed by atoms with Crippen molar-refractivity contribution in [1.29, 1.82) is 0 Å². The standard InChI is InChI=1S/C18H16O4/c1-21-15-8-11(9-16(22-2)18(15)20)7-13-10-12-5-3-4-6-14(12)17(13)19/h3-9,20H,10H2,1-2H3. The minimum atomic E-state index is -0.0480. The number of phenolic OH excluding ortho intramolecular Hbond substituents is 1. The van der Waals surface area contributed by atoms with Gasteiger partial charge in [-0.3, -0.25) is 4.79 Å². The number of ketones is 1. The summed E-state index contributed by atoms with van der Waals surface area (Å²) < 4.78 is 10.3. The minimum absolute atomic E-state index is 0.0432. The number of fused-ring (bicyclic) bond motifs is 1. The van der Waals surface area contributed by atoms with E-state index in [2.05, 4.69) is 0 Å². The van der Waals surface area contributed by atoms with Crippen LogP contribution in [0.15, 0.2) is 42.0 Å². The van der Waals surface area contributed by atoms with E-state index in [9.17, 15) is 9.90 Å². The third-order valence-electron chi connectivity index (χ3n) is 3.78. The largest absolute Gasteiger partial charge is 0.502 e. The van der Waals surface area contributed by atoms with Gasteiger partial charge in [0, 0.05) is 17.6 Å². The van der Waals surface area contributed by atoms with Crippen LogP contribution in [-0.4, -0.2) is 25.1 Å². The molecular formula is C18H16O4. The number of allylic oxidation sites excluding steroid dienone is 1. The van der Waals surface area contributed by atoms with Gasteiger partial charge in [0.25, 0.3) is 0 Å². The highest BCUT2D eigenvalue weighted by molar-refractivity contribution is 6.15. The molecule has 2 aromatic carbocycles. The molecule has 0 aliphatic heterocycles. The van der Waals surface area contributed by atoms with Crippen LogP contribution in [0.5, 0.6) is 17.2 Å². The van der Waals surface area contributed by atoms with Crippen LogP contribution in [0.4, 0.5) is 0 Å². The number of methoxy groups -OCH3 is 2. The average molecular weight is 296 g/mol. The van der Waals surface area contributed by atoms with Crippen molar-refractivity contribution in [3.63, 3.8) is 0 Å². The Morgan fingerprint density at radius 1 is 1.09 bits per heavy atom. The van der Waals surface area contributed by atoms with Gasteiger partial charge in [0.05, 0.1) is 14.2 Å². The number of carbonyl (C=O) groups is 1. The molecule has 2 aromatic rings. The number of rotatable bonds is 3. The molecule has 1 N–H and O–H groups in total. The first kappa shape index (κ1) is 14.2. The Hall–Kier alpha value is -2.75. The van der Waals surface area contributed by atoms with Crippen molar-refractivity contribution in [2.75, 3.05) is 14.2 Å². The Morgan fingerprint density at radius 3 is 2.32 bits per heavy atom. The smallest absolute Gasteiger partial charge is 0.200 e. The summed E-state index contributed by atoms with van der Waals surface area (Å²) in [6, 6.07) is 11.0. The second kappa shape index (κ2) is 5.56. The van der Waals surface area contributed by atoms with E-state index >= 15 is 0 Å². The Kier molecular flexibility index (Phi) is 3.59. The Bertz CT molecular complexity index is 749. The number of aromatic hydroxyl groups is 1. The summed E-state index contributed by atoms with van der Waals surface area (Å²) in [6.07, 6.45) is 2.42. The van der Waals surface area contributed by atoms with Crippen molar-refractivity contribution in [3.8, 4) is 17.2 Å². The number of carbonyl (C=O) groups excluding carboxylic acids is 1. The van der Waals surface area contributed by atoms with E-state index in [0.29, 0.717) is 17.9 Å². The van der Waals surface area contributed by atoms with Gasteiger partial charge in [-0.1, -0.05) is 24.3 Å². The highest BCUT2D eigenvalue weighted by atomic mass is 16.5. The van der Waals surface area contributed by atoms with Gasteiger partial charge in [0.2, 0.25) is 5.75 Å². The van der Waals surface area contributed by atoms with Gasteiger partial charge in [-0.25, -0.2) is 0 Å². The van der Waals surface area contributed by atoms with Gasteiger partial charge in [-0.2, -0.15) is 0 Å². The van der Waals surface area contributed by atoms with Crippen LogP contribution in [0.1, 0.15) is 21.5 Å². The molecule has 0 unspecified atom stereocenters. The molecule has 0 heterocycles. The molecular weight excluding hydrogens is 280 g/mol. The molecule has 3 rings (SSSR count). The van der Waals surface area contributed by atoms with Gasteiger partial charge in [-0.05, 0) is 29.3 Å². The molecule has 1 aliphatic rings. The lowest BCUT2D eigenvalue weighted by Crippen LogP contribution is -1.96. The predicted octanol–water partition coefficient (Wildman–Crippen LogP) is 3.23. The summed E-state index contributed by atoms with van der Waals surface area (Å²) in [5, 5.41) is 9.93. The van der Waals surface area contributed by atoms with E-state index in [1.807, 2.05) is 30.3 Å². The average Bonchev–Trinajstić information content (AvgIpc) is 2.85. The van der Waals surface area contributed by atoms with Crippen LogP contribution in [0.2, 0.25) is 0 Å². The first-order valence-corrected chi connectivity index (χ1v) is 6.92. The molecule has 0 spiro atoms. The fourth-order valence-corrected chi connectivity index (χ4v) is 2.67. The first-order chi connectivity index (χ1) is 10.6. The molecule has 0 fully saturated rings. The van der Waals surface area contributed by atoms with E-state index in [4.69, 9.17) is 9.47 Å². The van der Waals surface area contributed by atoms with E-state index in [1.165, 1.54) is 14.2 Å². The quantitative estimate of drug-likeness (QED) is 0.884. The lowest BCUT2D eigenvalue weighted by atomic mass is 10.1. The van der Waals surface area contributed by atoms with Crippen LogP contribution in [-0.2, 0) is 6.42 Å². The van der Waals surface area contributed by atoms with Gasteiger partial charge < -0.3 is 14.6 Å². The van der Waals surface area contributed by atoms with Crippen molar-refractivity contribution < 1.29 is 19.4 Å². The Labute approximate surface area is 128 Å².